The summed E-state index contributed by atoms with van der Waals surface area (Å²) in [5, 5.41) is 9.57. The summed E-state index contributed by atoms with van der Waals surface area (Å²) in [6.07, 6.45) is -13.3. The Labute approximate surface area is 118 Å². The van der Waals surface area contributed by atoms with Crippen molar-refractivity contribution < 1.29 is 31.4 Å². The maximum absolute atomic E-state index is 12.6. The summed E-state index contributed by atoms with van der Waals surface area (Å²) in [6, 6.07) is 5.21. The number of aliphatic hydroxyl groups excluding tert-OH is 1. The molecule has 7 heteroatoms. The van der Waals surface area contributed by atoms with E-state index in [2.05, 4.69) is 0 Å². The van der Waals surface area contributed by atoms with Crippen LogP contribution in [-0.2, 0) is 6.42 Å². The van der Waals surface area contributed by atoms with Gasteiger partial charge >= 0.3 is 12.4 Å². The molecule has 0 amide bonds. The van der Waals surface area contributed by atoms with Crippen LogP contribution in [0.3, 0.4) is 0 Å². The zero-order valence-corrected chi connectivity index (χ0v) is 11.5. The average molecular weight is 314 g/mol. The van der Waals surface area contributed by atoms with Gasteiger partial charge in [0.05, 0.1) is 6.10 Å². The first-order chi connectivity index (χ1) is 9.43. The Morgan fingerprint density at radius 2 is 1.52 bits per heavy atom. The molecule has 0 bridgehead atoms. The summed E-state index contributed by atoms with van der Waals surface area (Å²) in [7, 11) is 0. The zero-order valence-electron chi connectivity index (χ0n) is 11.5. The molecule has 0 spiro atoms. The molecule has 120 valence electrons. The lowest BCUT2D eigenvalue weighted by Crippen LogP contribution is -2.40. The van der Waals surface area contributed by atoms with Crippen LogP contribution in [0.5, 0.6) is 0 Å². The highest BCUT2D eigenvalue weighted by Crippen LogP contribution is 2.46. The van der Waals surface area contributed by atoms with Gasteiger partial charge in [0.15, 0.2) is 5.92 Å². The molecule has 0 aliphatic rings. The van der Waals surface area contributed by atoms with Crippen molar-refractivity contribution in [1.82, 2.24) is 0 Å². The monoisotopic (exact) mass is 314 g/mol. The molecular formula is C14H16F6O. The van der Waals surface area contributed by atoms with Crippen molar-refractivity contribution in [3.63, 3.8) is 0 Å². The van der Waals surface area contributed by atoms with Gasteiger partial charge in [-0.05, 0) is 23.5 Å². The van der Waals surface area contributed by atoms with E-state index in [1.165, 1.54) is 12.1 Å². The Hall–Kier alpha value is -1.24. The third-order valence-electron chi connectivity index (χ3n) is 2.96. The third-order valence-corrected chi connectivity index (χ3v) is 2.96. The molecule has 1 aromatic rings. The average Bonchev–Trinajstić information content (AvgIpc) is 2.24. The van der Waals surface area contributed by atoms with E-state index in [9.17, 15) is 31.4 Å². The number of hydrogen-bond donors (Lipinski definition) is 1. The first kappa shape index (κ1) is 17.8. The first-order valence-electron chi connectivity index (χ1n) is 6.33. The number of hydrogen-bond acceptors (Lipinski definition) is 1. The number of alkyl halides is 6. The van der Waals surface area contributed by atoms with Gasteiger partial charge < -0.3 is 5.11 Å². The molecule has 1 atom stereocenters. The van der Waals surface area contributed by atoms with E-state index >= 15 is 0 Å². The van der Waals surface area contributed by atoms with Crippen LogP contribution >= 0.6 is 0 Å². The minimum atomic E-state index is -5.56. The Morgan fingerprint density at radius 3 is 1.95 bits per heavy atom. The molecule has 0 aliphatic carbocycles. The lowest BCUT2D eigenvalue weighted by molar-refractivity contribution is -0.307. The zero-order chi connectivity index (χ0) is 16.4. The molecule has 1 N–H and O–H groups in total. The van der Waals surface area contributed by atoms with E-state index in [1.54, 1.807) is 6.07 Å². The predicted octanol–water partition coefficient (Wildman–Crippen LogP) is 4.66. The molecule has 1 rings (SSSR count). The van der Waals surface area contributed by atoms with Crippen LogP contribution in [-0.4, -0.2) is 17.5 Å². The molecule has 1 unspecified atom stereocenters. The van der Waals surface area contributed by atoms with Crippen LogP contribution in [0.2, 0.25) is 0 Å². The largest absolute Gasteiger partial charge is 0.403 e. The highest BCUT2D eigenvalue weighted by Gasteiger charge is 2.60. The van der Waals surface area contributed by atoms with Crippen LogP contribution in [0.1, 0.15) is 31.1 Å². The normalized spacial score (nSPS) is 14.8. The Morgan fingerprint density at radius 1 is 1.00 bits per heavy atom. The van der Waals surface area contributed by atoms with Crippen molar-refractivity contribution in [3.8, 4) is 0 Å². The molecule has 1 aromatic carbocycles. The van der Waals surface area contributed by atoms with Crippen LogP contribution in [0.15, 0.2) is 24.3 Å². The summed E-state index contributed by atoms with van der Waals surface area (Å²) >= 11 is 0. The summed E-state index contributed by atoms with van der Waals surface area (Å²) in [5.41, 5.74) is 0.206. The summed E-state index contributed by atoms with van der Waals surface area (Å²) in [6.45, 7) is 3.74. The van der Waals surface area contributed by atoms with Crippen molar-refractivity contribution >= 4 is 0 Å². The third kappa shape index (κ3) is 4.91. The fraction of sp³-hybridized carbons (Fsp3) is 0.571. The van der Waals surface area contributed by atoms with Crippen molar-refractivity contribution in [1.29, 1.82) is 0 Å². The molecule has 0 saturated heterocycles. The SMILES string of the molecule is CC(C)Cc1cccc(C(O)C(C(F)(F)F)C(F)(F)F)c1. The van der Waals surface area contributed by atoms with E-state index in [0.29, 0.717) is 12.0 Å². The van der Waals surface area contributed by atoms with Crippen molar-refractivity contribution in [2.24, 2.45) is 11.8 Å². The van der Waals surface area contributed by atoms with Gasteiger partial charge in [0.25, 0.3) is 0 Å². The van der Waals surface area contributed by atoms with Gasteiger partial charge in [-0.25, -0.2) is 0 Å². The number of halogens is 6. The van der Waals surface area contributed by atoms with E-state index in [4.69, 9.17) is 0 Å². The fourth-order valence-electron chi connectivity index (χ4n) is 2.11. The maximum Gasteiger partial charge on any atom is 0.403 e. The number of rotatable bonds is 4. The fourth-order valence-corrected chi connectivity index (χ4v) is 2.11. The second-order valence-electron chi connectivity index (χ2n) is 5.35. The minimum Gasteiger partial charge on any atom is -0.387 e. The molecule has 21 heavy (non-hydrogen) atoms. The summed E-state index contributed by atoms with van der Waals surface area (Å²) in [5.74, 6) is -3.60. The van der Waals surface area contributed by atoms with Gasteiger partial charge in [0.1, 0.15) is 0 Å². The lowest BCUT2D eigenvalue weighted by atomic mass is 9.92. The van der Waals surface area contributed by atoms with Gasteiger partial charge in [0, 0.05) is 0 Å². The van der Waals surface area contributed by atoms with Crippen molar-refractivity contribution in [2.75, 3.05) is 0 Å². The van der Waals surface area contributed by atoms with E-state index in [1.807, 2.05) is 13.8 Å². The van der Waals surface area contributed by atoms with Gasteiger partial charge in [-0.15, -0.1) is 0 Å². The second kappa shape index (κ2) is 6.25. The minimum absolute atomic E-state index is 0.193. The lowest BCUT2D eigenvalue weighted by Gasteiger charge is -2.27. The topological polar surface area (TPSA) is 20.2 Å². The Balaban J connectivity index is 3.13. The van der Waals surface area contributed by atoms with Crippen LogP contribution < -0.4 is 0 Å². The van der Waals surface area contributed by atoms with Crippen molar-refractivity contribution in [2.45, 2.75) is 38.7 Å². The molecule has 0 radical (unpaired) electrons. The Bertz CT molecular complexity index is 449. The number of benzene rings is 1. The maximum atomic E-state index is 12.6. The van der Waals surface area contributed by atoms with Crippen LogP contribution in [0.25, 0.3) is 0 Å². The molecule has 0 saturated carbocycles. The van der Waals surface area contributed by atoms with Gasteiger partial charge in [0.2, 0.25) is 0 Å². The molecule has 0 heterocycles. The van der Waals surface area contributed by atoms with E-state index in [0.717, 1.165) is 6.07 Å². The predicted molar refractivity (Wildman–Crippen MR) is 65.5 cm³/mol. The van der Waals surface area contributed by atoms with Crippen LogP contribution in [0.4, 0.5) is 26.3 Å². The molecule has 1 nitrogen and oxygen atoms in total. The standard InChI is InChI=1S/C14H16F6O/c1-8(2)6-9-4-3-5-10(7-9)11(21)12(13(15,16)17)14(18,19)20/h3-5,7-8,11-12,21H,6H2,1-2H3. The molecule has 0 aliphatic heterocycles. The molecule has 0 fully saturated rings. The van der Waals surface area contributed by atoms with Gasteiger partial charge in [-0.2, -0.15) is 26.3 Å². The van der Waals surface area contributed by atoms with Gasteiger partial charge in [-0.1, -0.05) is 38.1 Å². The Kier molecular flexibility index (Phi) is 5.30. The highest BCUT2D eigenvalue weighted by molar-refractivity contribution is 5.26. The molecule has 0 aromatic heterocycles. The molecular weight excluding hydrogens is 298 g/mol. The van der Waals surface area contributed by atoms with E-state index < -0.39 is 24.4 Å². The van der Waals surface area contributed by atoms with E-state index in [-0.39, 0.29) is 11.5 Å². The number of aliphatic hydroxyl groups is 1. The van der Waals surface area contributed by atoms with Crippen molar-refractivity contribution in [3.05, 3.63) is 35.4 Å². The summed E-state index contributed by atoms with van der Waals surface area (Å²) < 4.78 is 75.5. The van der Waals surface area contributed by atoms with Gasteiger partial charge in [-0.3, -0.25) is 0 Å². The smallest absolute Gasteiger partial charge is 0.387 e. The van der Waals surface area contributed by atoms with Crippen LogP contribution in [0, 0.1) is 11.8 Å². The second-order valence-corrected chi connectivity index (χ2v) is 5.35. The quantitative estimate of drug-likeness (QED) is 0.802. The highest BCUT2D eigenvalue weighted by atomic mass is 19.4. The summed E-state index contributed by atoms with van der Waals surface area (Å²) in [4.78, 5) is 0. The first-order valence-corrected chi connectivity index (χ1v) is 6.33.